The third-order valence-electron chi connectivity index (χ3n) is 2.56. The molecule has 1 aromatic carbocycles. The summed E-state index contributed by atoms with van der Waals surface area (Å²) in [5.41, 5.74) is 0.691. The lowest BCUT2D eigenvalue weighted by molar-refractivity contribution is 0.426. The molecule has 100 valence electrons. The Morgan fingerprint density at radius 3 is 2.53 bits per heavy atom. The lowest BCUT2D eigenvalue weighted by Crippen LogP contribution is -2.02. The molecule has 2 aromatic rings. The fourth-order valence-electron chi connectivity index (χ4n) is 1.65. The first kappa shape index (κ1) is 13.4. The van der Waals surface area contributed by atoms with Crippen molar-refractivity contribution < 1.29 is 13.5 Å². The van der Waals surface area contributed by atoms with Crippen molar-refractivity contribution in [2.45, 2.75) is 26.7 Å². The summed E-state index contributed by atoms with van der Waals surface area (Å²) < 4.78 is 31.8. The van der Waals surface area contributed by atoms with Crippen LogP contribution in [-0.4, -0.2) is 9.97 Å². The third kappa shape index (κ3) is 3.05. The predicted molar refractivity (Wildman–Crippen MR) is 67.3 cm³/mol. The Morgan fingerprint density at radius 2 is 1.89 bits per heavy atom. The van der Waals surface area contributed by atoms with Gasteiger partial charge in [0.25, 0.3) is 0 Å². The largest absolute Gasteiger partial charge is 0.451 e. The minimum Gasteiger partial charge on any atom is -0.451 e. The van der Waals surface area contributed by atoms with Gasteiger partial charge in [0.05, 0.1) is 11.9 Å². The molecule has 0 unspecified atom stereocenters. The second kappa shape index (κ2) is 5.30. The Bertz CT molecular complexity index is 600. The third-order valence-corrected chi connectivity index (χ3v) is 2.56. The minimum atomic E-state index is -0.754. The zero-order chi connectivity index (χ0) is 14.0. The minimum absolute atomic E-state index is 0.0456. The molecule has 1 heterocycles. The Kier molecular flexibility index (Phi) is 3.74. The van der Waals surface area contributed by atoms with Crippen LogP contribution in [0.3, 0.4) is 0 Å². The summed E-state index contributed by atoms with van der Waals surface area (Å²) >= 11 is 0. The van der Waals surface area contributed by atoms with Crippen molar-refractivity contribution in [3.05, 3.63) is 47.5 Å². The van der Waals surface area contributed by atoms with Crippen molar-refractivity contribution in [1.29, 1.82) is 0 Å². The van der Waals surface area contributed by atoms with Crippen molar-refractivity contribution in [2.24, 2.45) is 0 Å². The number of hydrogen-bond donors (Lipinski definition) is 0. The van der Waals surface area contributed by atoms with Gasteiger partial charge in [-0.25, -0.2) is 18.7 Å². The van der Waals surface area contributed by atoms with Gasteiger partial charge in [-0.2, -0.15) is 0 Å². The Balaban J connectivity index is 2.38. The highest BCUT2D eigenvalue weighted by Crippen LogP contribution is 2.30. The molecule has 0 spiro atoms. The Hall–Kier alpha value is -2.04. The monoisotopic (exact) mass is 264 g/mol. The van der Waals surface area contributed by atoms with E-state index in [4.69, 9.17) is 4.74 Å². The number of halogens is 2. The van der Waals surface area contributed by atoms with E-state index in [0.717, 1.165) is 12.1 Å². The first-order valence-electron chi connectivity index (χ1n) is 5.94. The number of rotatable bonds is 3. The molecule has 0 aliphatic rings. The highest BCUT2D eigenvalue weighted by Gasteiger charge is 2.14. The van der Waals surface area contributed by atoms with Gasteiger partial charge in [-0.1, -0.05) is 13.8 Å². The maximum Gasteiger partial charge on any atom is 0.168 e. The van der Waals surface area contributed by atoms with E-state index in [1.807, 2.05) is 13.8 Å². The molecule has 0 radical (unpaired) electrons. The quantitative estimate of drug-likeness (QED) is 0.841. The van der Waals surface area contributed by atoms with Crippen LogP contribution in [0.1, 0.15) is 31.3 Å². The van der Waals surface area contributed by atoms with Crippen molar-refractivity contribution >= 4 is 0 Å². The van der Waals surface area contributed by atoms with Gasteiger partial charge >= 0.3 is 0 Å². The molecule has 5 heteroatoms. The van der Waals surface area contributed by atoms with E-state index in [9.17, 15) is 8.78 Å². The molecule has 0 saturated carbocycles. The van der Waals surface area contributed by atoms with E-state index in [1.54, 1.807) is 6.92 Å². The molecule has 0 N–H and O–H groups in total. The topological polar surface area (TPSA) is 35.0 Å². The standard InChI is InChI=1S/C14H14F2N2O/c1-8(2)14-13(7-17-9(3)18-14)19-12-5-4-10(15)6-11(12)16/h4-8H,1-3H3. The van der Waals surface area contributed by atoms with Gasteiger partial charge in [0.1, 0.15) is 11.6 Å². The van der Waals surface area contributed by atoms with Crippen LogP contribution in [0, 0.1) is 18.6 Å². The van der Waals surface area contributed by atoms with Crippen LogP contribution in [-0.2, 0) is 0 Å². The summed E-state index contributed by atoms with van der Waals surface area (Å²) in [6.45, 7) is 5.68. The molecular weight excluding hydrogens is 250 g/mol. The van der Waals surface area contributed by atoms with Gasteiger partial charge in [0, 0.05) is 6.07 Å². The van der Waals surface area contributed by atoms with Crippen LogP contribution in [0.5, 0.6) is 11.5 Å². The van der Waals surface area contributed by atoms with Gasteiger partial charge in [-0.05, 0) is 25.0 Å². The highest BCUT2D eigenvalue weighted by atomic mass is 19.1. The number of nitrogens with zero attached hydrogens (tertiary/aromatic N) is 2. The molecule has 0 atom stereocenters. The van der Waals surface area contributed by atoms with Crippen molar-refractivity contribution in [1.82, 2.24) is 9.97 Å². The van der Waals surface area contributed by atoms with Crippen molar-refractivity contribution in [2.75, 3.05) is 0 Å². The summed E-state index contributed by atoms with van der Waals surface area (Å²) in [6, 6.07) is 3.16. The van der Waals surface area contributed by atoms with E-state index in [2.05, 4.69) is 9.97 Å². The van der Waals surface area contributed by atoms with Crippen LogP contribution in [0.4, 0.5) is 8.78 Å². The smallest absolute Gasteiger partial charge is 0.168 e. The number of ether oxygens (including phenoxy) is 1. The second-order valence-electron chi connectivity index (χ2n) is 4.50. The Labute approximate surface area is 110 Å². The van der Waals surface area contributed by atoms with Gasteiger partial charge in [0.2, 0.25) is 0 Å². The summed E-state index contributed by atoms with van der Waals surface area (Å²) in [6.07, 6.45) is 1.50. The second-order valence-corrected chi connectivity index (χ2v) is 4.50. The molecule has 3 nitrogen and oxygen atoms in total. The van der Waals surface area contributed by atoms with Crippen LogP contribution >= 0.6 is 0 Å². The lowest BCUT2D eigenvalue weighted by Gasteiger charge is -2.13. The summed E-state index contributed by atoms with van der Waals surface area (Å²) in [5, 5.41) is 0. The van der Waals surface area contributed by atoms with E-state index in [0.29, 0.717) is 17.3 Å². The van der Waals surface area contributed by atoms with E-state index in [1.165, 1.54) is 12.3 Å². The number of aromatic nitrogens is 2. The summed E-state index contributed by atoms with van der Waals surface area (Å²) in [4.78, 5) is 8.32. The molecule has 0 bridgehead atoms. The van der Waals surface area contributed by atoms with Gasteiger partial charge in [0.15, 0.2) is 17.3 Å². The van der Waals surface area contributed by atoms with Gasteiger partial charge in [-0.15, -0.1) is 0 Å². The van der Waals surface area contributed by atoms with Crippen LogP contribution < -0.4 is 4.74 Å². The first-order valence-corrected chi connectivity index (χ1v) is 5.94. The normalized spacial score (nSPS) is 10.8. The maximum atomic E-state index is 13.5. The van der Waals surface area contributed by atoms with Crippen LogP contribution in [0.25, 0.3) is 0 Å². The first-order chi connectivity index (χ1) is 8.97. The zero-order valence-electron chi connectivity index (χ0n) is 10.9. The molecule has 0 aliphatic carbocycles. The molecule has 0 fully saturated rings. The number of aryl methyl sites for hydroxylation is 1. The molecule has 2 rings (SSSR count). The molecule has 19 heavy (non-hydrogen) atoms. The molecule has 0 aliphatic heterocycles. The van der Waals surface area contributed by atoms with Gasteiger partial charge in [-0.3, -0.25) is 0 Å². The zero-order valence-corrected chi connectivity index (χ0v) is 10.9. The van der Waals surface area contributed by atoms with E-state index >= 15 is 0 Å². The molecular formula is C14H14F2N2O. The lowest BCUT2D eigenvalue weighted by atomic mass is 10.1. The number of benzene rings is 1. The fourth-order valence-corrected chi connectivity index (χ4v) is 1.65. The fraction of sp³-hybridized carbons (Fsp3) is 0.286. The van der Waals surface area contributed by atoms with E-state index < -0.39 is 11.6 Å². The molecule has 0 saturated heterocycles. The molecule has 0 amide bonds. The Morgan fingerprint density at radius 1 is 1.16 bits per heavy atom. The summed E-state index contributed by atoms with van der Waals surface area (Å²) in [7, 11) is 0. The average Bonchev–Trinajstić information content (AvgIpc) is 2.34. The maximum absolute atomic E-state index is 13.5. The van der Waals surface area contributed by atoms with Crippen LogP contribution in [0.2, 0.25) is 0 Å². The molecule has 1 aromatic heterocycles. The highest BCUT2D eigenvalue weighted by molar-refractivity contribution is 5.35. The van der Waals surface area contributed by atoms with Crippen molar-refractivity contribution in [3.63, 3.8) is 0 Å². The number of hydrogen-bond acceptors (Lipinski definition) is 3. The van der Waals surface area contributed by atoms with Crippen molar-refractivity contribution in [3.8, 4) is 11.5 Å². The SMILES string of the molecule is Cc1ncc(Oc2ccc(F)cc2F)c(C(C)C)n1. The van der Waals surface area contributed by atoms with Gasteiger partial charge < -0.3 is 4.74 Å². The predicted octanol–water partition coefficient (Wildman–Crippen LogP) is 3.98. The summed E-state index contributed by atoms with van der Waals surface area (Å²) in [5.74, 6) is -0.331. The average molecular weight is 264 g/mol. The van der Waals surface area contributed by atoms with Crippen LogP contribution in [0.15, 0.2) is 24.4 Å². The van der Waals surface area contributed by atoms with E-state index in [-0.39, 0.29) is 11.7 Å².